The monoisotopic (exact) mass is 195 g/mol. The molecule has 13 heavy (non-hydrogen) atoms. The summed E-state index contributed by atoms with van der Waals surface area (Å²) in [5.41, 5.74) is 1.07. The lowest BCUT2D eigenvalue weighted by molar-refractivity contribution is 0.721. The minimum Gasteiger partial charge on any atom is -0.198 e. The third kappa shape index (κ3) is 5.27. The quantitative estimate of drug-likeness (QED) is 0.487. The zero-order valence-corrected chi connectivity index (χ0v) is 8.59. The molecular formula is C11H14ClN. The summed E-state index contributed by atoms with van der Waals surface area (Å²) in [6.07, 6.45) is 7.98. The van der Waals surface area contributed by atoms with E-state index < -0.39 is 0 Å². The summed E-state index contributed by atoms with van der Waals surface area (Å²) in [7, 11) is 0. The molecule has 0 rings (SSSR count). The third-order valence-corrected chi connectivity index (χ3v) is 1.89. The van der Waals surface area contributed by atoms with Gasteiger partial charge < -0.3 is 0 Å². The molecule has 0 saturated heterocycles. The molecule has 1 atom stereocenters. The van der Waals surface area contributed by atoms with Crippen LogP contribution in [0.25, 0.3) is 0 Å². The Hall–Kier alpha value is -1.00. The van der Waals surface area contributed by atoms with Crippen molar-refractivity contribution in [3.05, 3.63) is 36.5 Å². The molecule has 0 aromatic heterocycles. The Morgan fingerprint density at radius 1 is 1.69 bits per heavy atom. The van der Waals surface area contributed by atoms with Crippen LogP contribution in [0.2, 0.25) is 0 Å². The maximum Gasteiger partial charge on any atom is 0.0628 e. The molecule has 1 nitrogen and oxygen atoms in total. The number of hydrogen-bond donors (Lipinski definition) is 0. The zero-order valence-electron chi connectivity index (χ0n) is 7.83. The summed E-state index contributed by atoms with van der Waals surface area (Å²) in [5, 5.41) is 8.50. The molecule has 0 aliphatic carbocycles. The molecule has 2 heteroatoms. The average Bonchev–Trinajstić information content (AvgIpc) is 2.13. The van der Waals surface area contributed by atoms with Gasteiger partial charge in [-0.15, -0.1) is 11.6 Å². The van der Waals surface area contributed by atoms with E-state index in [4.69, 9.17) is 16.9 Å². The van der Waals surface area contributed by atoms with Gasteiger partial charge in [-0.3, -0.25) is 0 Å². The summed E-state index contributed by atoms with van der Waals surface area (Å²) in [6, 6.07) is 2.13. The van der Waals surface area contributed by atoms with Gasteiger partial charge >= 0.3 is 0 Å². The van der Waals surface area contributed by atoms with E-state index in [0.717, 1.165) is 5.57 Å². The first-order chi connectivity index (χ1) is 6.26. The van der Waals surface area contributed by atoms with Gasteiger partial charge in [-0.2, -0.15) is 5.26 Å². The van der Waals surface area contributed by atoms with E-state index in [1.165, 1.54) is 0 Å². The number of nitrogens with zero attached hydrogens (tertiary/aromatic N) is 1. The fourth-order valence-electron chi connectivity index (χ4n) is 0.919. The van der Waals surface area contributed by atoms with Crippen LogP contribution in [0.3, 0.4) is 0 Å². The fourth-order valence-corrected chi connectivity index (χ4v) is 1.02. The summed E-state index contributed by atoms with van der Waals surface area (Å²) >= 11 is 5.47. The molecule has 0 spiro atoms. The van der Waals surface area contributed by atoms with Gasteiger partial charge in [0, 0.05) is 12.3 Å². The fraction of sp³-hybridized carbons (Fsp3) is 0.364. The number of nitriles is 1. The number of halogens is 1. The Morgan fingerprint density at radius 3 is 2.85 bits per heavy atom. The van der Waals surface area contributed by atoms with Crippen molar-refractivity contribution in [1.29, 1.82) is 5.26 Å². The van der Waals surface area contributed by atoms with Crippen LogP contribution in [0.5, 0.6) is 0 Å². The molecular weight excluding hydrogens is 182 g/mol. The topological polar surface area (TPSA) is 23.8 Å². The van der Waals surface area contributed by atoms with E-state index >= 15 is 0 Å². The van der Waals surface area contributed by atoms with Crippen LogP contribution in [-0.2, 0) is 0 Å². The number of hydrogen-bond acceptors (Lipinski definition) is 1. The van der Waals surface area contributed by atoms with Crippen molar-refractivity contribution in [3.63, 3.8) is 0 Å². The van der Waals surface area contributed by atoms with E-state index in [-0.39, 0.29) is 5.92 Å². The molecule has 1 unspecified atom stereocenters. The summed E-state index contributed by atoms with van der Waals surface area (Å²) in [4.78, 5) is 0. The lowest BCUT2D eigenvalue weighted by atomic mass is 9.98. The predicted molar refractivity (Wildman–Crippen MR) is 57.5 cm³/mol. The van der Waals surface area contributed by atoms with Crippen molar-refractivity contribution in [2.75, 3.05) is 5.88 Å². The van der Waals surface area contributed by atoms with E-state index in [2.05, 4.69) is 12.6 Å². The zero-order chi connectivity index (χ0) is 10.1. The van der Waals surface area contributed by atoms with Crippen LogP contribution >= 0.6 is 11.6 Å². The largest absolute Gasteiger partial charge is 0.198 e. The van der Waals surface area contributed by atoms with Crippen LogP contribution < -0.4 is 0 Å². The second-order valence-electron chi connectivity index (χ2n) is 2.72. The molecule has 0 aromatic rings. The third-order valence-electron chi connectivity index (χ3n) is 1.72. The highest BCUT2D eigenvalue weighted by molar-refractivity contribution is 6.18. The highest BCUT2D eigenvalue weighted by atomic mass is 35.5. The van der Waals surface area contributed by atoms with Crippen molar-refractivity contribution in [2.45, 2.75) is 13.3 Å². The molecule has 0 heterocycles. The Kier molecular flexibility index (Phi) is 7.05. The highest BCUT2D eigenvalue weighted by Gasteiger charge is 2.02. The van der Waals surface area contributed by atoms with Crippen molar-refractivity contribution in [2.24, 2.45) is 5.92 Å². The van der Waals surface area contributed by atoms with Crippen LogP contribution in [0, 0.1) is 17.2 Å². The lowest BCUT2D eigenvalue weighted by Gasteiger charge is -2.06. The summed E-state index contributed by atoms with van der Waals surface area (Å²) < 4.78 is 0. The van der Waals surface area contributed by atoms with Crippen LogP contribution in [0.4, 0.5) is 0 Å². The number of alkyl halides is 1. The van der Waals surface area contributed by atoms with E-state index in [9.17, 15) is 0 Å². The van der Waals surface area contributed by atoms with E-state index in [1.807, 2.05) is 25.2 Å². The van der Waals surface area contributed by atoms with E-state index in [0.29, 0.717) is 12.3 Å². The van der Waals surface area contributed by atoms with E-state index in [1.54, 1.807) is 6.08 Å². The smallest absolute Gasteiger partial charge is 0.0628 e. The summed E-state index contributed by atoms with van der Waals surface area (Å²) in [5.74, 6) is 0.746. The van der Waals surface area contributed by atoms with Gasteiger partial charge in [0.05, 0.1) is 6.07 Å². The van der Waals surface area contributed by atoms with Gasteiger partial charge in [0.1, 0.15) is 0 Å². The second kappa shape index (κ2) is 7.64. The Bertz CT molecular complexity index is 245. The minimum atomic E-state index is 0.238. The van der Waals surface area contributed by atoms with Crippen molar-refractivity contribution in [3.8, 4) is 6.07 Å². The van der Waals surface area contributed by atoms with Gasteiger partial charge in [0.2, 0.25) is 0 Å². The van der Waals surface area contributed by atoms with Gasteiger partial charge in [-0.05, 0) is 11.5 Å². The Morgan fingerprint density at radius 2 is 2.38 bits per heavy atom. The standard InChI is InChI=1S/C11H14ClN/c1-3-11(6-4-5-8-12)10(2)7-9-13/h3-6,10H,1,7-8H2,2H3/b5-4-,11-6+. The number of rotatable bonds is 5. The molecule has 0 fully saturated rings. The highest BCUT2D eigenvalue weighted by Crippen LogP contribution is 2.14. The normalized spacial score (nSPS) is 14.1. The Balaban J connectivity index is 4.32. The molecule has 0 bridgehead atoms. The summed E-state index contributed by atoms with van der Waals surface area (Å²) in [6.45, 7) is 5.70. The maximum atomic E-state index is 8.50. The van der Waals surface area contributed by atoms with Gasteiger partial charge in [-0.25, -0.2) is 0 Å². The van der Waals surface area contributed by atoms with Crippen molar-refractivity contribution >= 4 is 11.6 Å². The molecule has 0 radical (unpaired) electrons. The van der Waals surface area contributed by atoms with Gasteiger partial charge in [0.15, 0.2) is 0 Å². The van der Waals surface area contributed by atoms with Crippen LogP contribution in [0.15, 0.2) is 36.5 Å². The molecule has 70 valence electrons. The average molecular weight is 196 g/mol. The molecule has 0 saturated carbocycles. The van der Waals surface area contributed by atoms with Crippen LogP contribution in [-0.4, -0.2) is 5.88 Å². The molecule has 0 N–H and O–H groups in total. The minimum absolute atomic E-state index is 0.238. The number of allylic oxidation sites excluding steroid dienone is 5. The molecule has 0 amide bonds. The molecule has 0 aromatic carbocycles. The predicted octanol–water partition coefficient (Wildman–Crippen LogP) is 3.44. The SMILES string of the molecule is C=C/C(=C\C=C/CCl)C(C)CC#N. The van der Waals surface area contributed by atoms with Crippen LogP contribution in [0.1, 0.15) is 13.3 Å². The molecule has 0 aliphatic heterocycles. The maximum absolute atomic E-state index is 8.50. The van der Waals surface area contributed by atoms with Gasteiger partial charge in [0.25, 0.3) is 0 Å². The second-order valence-corrected chi connectivity index (χ2v) is 3.03. The van der Waals surface area contributed by atoms with Crippen molar-refractivity contribution < 1.29 is 0 Å². The van der Waals surface area contributed by atoms with Crippen molar-refractivity contribution in [1.82, 2.24) is 0 Å². The molecule has 0 aliphatic rings. The Labute approximate surface area is 85.0 Å². The first kappa shape index (κ1) is 12.0. The lowest BCUT2D eigenvalue weighted by Crippen LogP contribution is -1.94. The first-order valence-electron chi connectivity index (χ1n) is 4.18. The van der Waals surface area contributed by atoms with Gasteiger partial charge in [-0.1, -0.05) is 37.8 Å². The first-order valence-corrected chi connectivity index (χ1v) is 4.71.